The van der Waals surface area contributed by atoms with Crippen LogP contribution in [0, 0.1) is 17.3 Å². The first-order chi connectivity index (χ1) is 8.70. The summed E-state index contributed by atoms with van der Waals surface area (Å²) in [4.78, 5) is 24.9. The molecule has 0 aromatic rings. The summed E-state index contributed by atoms with van der Waals surface area (Å²) in [6.45, 7) is 9.64. The predicted octanol–water partition coefficient (Wildman–Crippen LogP) is 2.77. The van der Waals surface area contributed by atoms with Gasteiger partial charge in [0, 0.05) is 19.5 Å². The van der Waals surface area contributed by atoms with Gasteiger partial charge in [0.1, 0.15) is 0 Å². The topological polar surface area (TPSA) is 57.6 Å². The quantitative estimate of drug-likeness (QED) is 0.853. The predicted molar refractivity (Wildman–Crippen MR) is 74.8 cm³/mol. The molecule has 1 heterocycles. The maximum atomic E-state index is 12.1. The number of rotatable bonds is 4. The maximum Gasteiger partial charge on any atom is 0.306 e. The Hall–Kier alpha value is -1.06. The molecule has 0 radical (unpaired) electrons. The van der Waals surface area contributed by atoms with Crippen molar-refractivity contribution in [1.29, 1.82) is 0 Å². The highest BCUT2D eigenvalue weighted by atomic mass is 16.4. The van der Waals surface area contributed by atoms with Crippen molar-refractivity contribution in [2.24, 2.45) is 17.3 Å². The van der Waals surface area contributed by atoms with Crippen molar-refractivity contribution in [3.8, 4) is 0 Å². The third-order valence-electron chi connectivity index (χ3n) is 3.89. The van der Waals surface area contributed by atoms with Crippen molar-refractivity contribution in [2.75, 3.05) is 13.1 Å². The molecule has 2 atom stereocenters. The molecule has 1 rings (SSSR count). The molecule has 1 aliphatic heterocycles. The highest BCUT2D eigenvalue weighted by Crippen LogP contribution is 2.25. The number of hydrogen-bond acceptors (Lipinski definition) is 2. The van der Waals surface area contributed by atoms with Gasteiger partial charge >= 0.3 is 5.97 Å². The molecule has 0 saturated carbocycles. The Morgan fingerprint density at radius 1 is 1.32 bits per heavy atom. The summed E-state index contributed by atoms with van der Waals surface area (Å²) in [5, 5.41) is 9.06. The van der Waals surface area contributed by atoms with Crippen LogP contribution in [0.5, 0.6) is 0 Å². The molecule has 0 aromatic heterocycles. The Balaban J connectivity index is 2.37. The number of carbonyl (C=O) groups excluding carboxylic acids is 1. The van der Waals surface area contributed by atoms with Gasteiger partial charge in [0.25, 0.3) is 0 Å². The van der Waals surface area contributed by atoms with E-state index in [1.54, 1.807) is 0 Å². The van der Waals surface area contributed by atoms with Gasteiger partial charge in [-0.15, -0.1) is 0 Å². The highest BCUT2D eigenvalue weighted by molar-refractivity contribution is 5.77. The van der Waals surface area contributed by atoms with Crippen molar-refractivity contribution in [3.05, 3.63) is 0 Å². The summed E-state index contributed by atoms with van der Waals surface area (Å²) in [6.07, 6.45) is 3.12. The lowest BCUT2D eigenvalue weighted by Gasteiger charge is -2.35. The van der Waals surface area contributed by atoms with Gasteiger partial charge in [-0.25, -0.2) is 0 Å². The fourth-order valence-corrected chi connectivity index (χ4v) is 2.67. The van der Waals surface area contributed by atoms with E-state index in [4.69, 9.17) is 5.11 Å². The molecule has 110 valence electrons. The summed E-state index contributed by atoms with van der Waals surface area (Å²) in [7, 11) is 0. The molecule has 2 unspecified atom stereocenters. The molecule has 1 saturated heterocycles. The largest absolute Gasteiger partial charge is 0.481 e. The number of carboxylic acid groups (broad SMARTS) is 1. The molecular formula is C15H27NO3. The monoisotopic (exact) mass is 269 g/mol. The average Bonchev–Trinajstić information content (AvgIpc) is 2.26. The van der Waals surface area contributed by atoms with E-state index >= 15 is 0 Å². The van der Waals surface area contributed by atoms with Gasteiger partial charge in [0.05, 0.1) is 5.92 Å². The first-order valence-electron chi connectivity index (χ1n) is 7.21. The van der Waals surface area contributed by atoms with E-state index in [9.17, 15) is 9.59 Å². The summed E-state index contributed by atoms with van der Waals surface area (Å²) in [5.74, 6) is -0.788. The Morgan fingerprint density at radius 2 is 1.95 bits per heavy atom. The molecule has 1 amide bonds. The van der Waals surface area contributed by atoms with Gasteiger partial charge in [0.2, 0.25) is 5.91 Å². The van der Waals surface area contributed by atoms with Crippen molar-refractivity contribution in [2.45, 2.75) is 53.4 Å². The smallest absolute Gasteiger partial charge is 0.306 e. The van der Waals surface area contributed by atoms with Crippen molar-refractivity contribution in [3.63, 3.8) is 0 Å². The molecule has 1 aliphatic rings. The van der Waals surface area contributed by atoms with E-state index in [0.717, 1.165) is 12.8 Å². The molecule has 1 fully saturated rings. The lowest BCUT2D eigenvalue weighted by molar-refractivity contribution is -0.148. The molecule has 0 aromatic carbocycles. The third kappa shape index (κ3) is 5.21. The standard InChI is InChI=1S/C15H27NO3/c1-11-10-16(9-7-12(11)14(18)19)13(17)6-5-8-15(2,3)4/h11-12H,5-10H2,1-4H3,(H,18,19). The second-order valence-electron chi connectivity index (χ2n) is 6.96. The fraction of sp³-hybridized carbons (Fsp3) is 0.867. The molecule has 0 bridgehead atoms. The van der Waals surface area contributed by atoms with Crippen LogP contribution in [-0.2, 0) is 9.59 Å². The minimum absolute atomic E-state index is 0.0535. The van der Waals surface area contributed by atoms with E-state index in [1.807, 2.05) is 11.8 Å². The Morgan fingerprint density at radius 3 is 2.42 bits per heavy atom. The number of aliphatic carboxylic acids is 1. The summed E-state index contributed by atoms with van der Waals surface area (Å²) in [5.41, 5.74) is 0.268. The van der Waals surface area contributed by atoms with Crippen molar-refractivity contribution < 1.29 is 14.7 Å². The van der Waals surface area contributed by atoms with Gasteiger partial charge in [0.15, 0.2) is 0 Å². The SMILES string of the molecule is CC1CN(C(=O)CCCC(C)(C)C)CCC1C(=O)O. The average molecular weight is 269 g/mol. The molecule has 4 heteroatoms. The Bertz CT molecular complexity index is 333. The van der Waals surface area contributed by atoms with Gasteiger partial charge in [-0.05, 0) is 30.6 Å². The highest BCUT2D eigenvalue weighted by Gasteiger charge is 2.32. The zero-order valence-electron chi connectivity index (χ0n) is 12.6. The lowest BCUT2D eigenvalue weighted by atomic mass is 9.86. The minimum atomic E-state index is -0.729. The first kappa shape index (κ1) is 16.0. The van der Waals surface area contributed by atoms with Gasteiger partial charge < -0.3 is 10.0 Å². The summed E-state index contributed by atoms with van der Waals surface area (Å²) in [6, 6.07) is 0. The number of piperidine rings is 1. The van der Waals surface area contributed by atoms with Crippen LogP contribution < -0.4 is 0 Å². The van der Waals surface area contributed by atoms with Crippen LogP contribution in [0.15, 0.2) is 0 Å². The van der Waals surface area contributed by atoms with Crippen LogP contribution in [0.25, 0.3) is 0 Å². The van der Waals surface area contributed by atoms with Crippen LogP contribution in [-0.4, -0.2) is 35.0 Å². The molecule has 4 nitrogen and oxygen atoms in total. The lowest BCUT2D eigenvalue weighted by Crippen LogP contribution is -2.44. The van der Waals surface area contributed by atoms with Crippen LogP contribution >= 0.6 is 0 Å². The number of hydrogen-bond donors (Lipinski definition) is 1. The van der Waals surface area contributed by atoms with Crippen LogP contribution in [0.4, 0.5) is 0 Å². The maximum absolute atomic E-state index is 12.1. The first-order valence-corrected chi connectivity index (χ1v) is 7.21. The second kappa shape index (κ2) is 6.40. The zero-order valence-corrected chi connectivity index (χ0v) is 12.6. The van der Waals surface area contributed by atoms with E-state index in [1.165, 1.54) is 0 Å². The third-order valence-corrected chi connectivity index (χ3v) is 3.89. The van der Waals surface area contributed by atoms with Crippen LogP contribution in [0.2, 0.25) is 0 Å². The number of likely N-dealkylation sites (tertiary alicyclic amines) is 1. The van der Waals surface area contributed by atoms with Gasteiger partial charge in [-0.3, -0.25) is 9.59 Å². The van der Waals surface area contributed by atoms with E-state index in [-0.39, 0.29) is 23.2 Å². The van der Waals surface area contributed by atoms with Crippen molar-refractivity contribution >= 4 is 11.9 Å². The number of amides is 1. The zero-order chi connectivity index (χ0) is 14.6. The molecule has 0 aliphatic carbocycles. The van der Waals surface area contributed by atoms with E-state index < -0.39 is 5.97 Å². The Labute approximate surface area is 116 Å². The summed E-state index contributed by atoms with van der Waals surface area (Å²) < 4.78 is 0. The number of carbonyl (C=O) groups is 2. The molecule has 0 spiro atoms. The van der Waals surface area contributed by atoms with Crippen molar-refractivity contribution in [1.82, 2.24) is 4.90 Å². The summed E-state index contributed by atoms with van der Waals surface area (Å²) >= 11 is 0. The second-order valence-corrected chi connectivity index (χ2v) is 6.96. The normalized spacial score (nSPS) is 24.3. The minimum Gasteiger partial charge on any atom is -0.481 e. The number of carboxylic acids is 1. The van der Waals surface area contributed by atoms with E-state index in [2.05, 4.69) is 20.8 Å². The van der Waals surface area contributed by atoms with Crippen LogP contribution in [0.1, 0.15) is 53.4 Å². The van der Waals surface area contributed by atoms with E-state index in [0.29, 0.717) is 25.9 Å². The molecular weight excluding hydrogens is 242 g/mol. The van der Waals surface area contributed by atoms with Gasteiger partial charge in [-0.2, -0.15) is 0 Å². The van der Waals surface area contributed by atoms with Crippen LogP contribution in [0.3, 0.4) is 0 Å². The Kier molecular flexibility index (Phi) is 5.39. The molecule has 1 N–H and O–H groups in total. The molecule has 19 heavy (non-hydrogen) atoms. The van der Waals surface area contributed by atoms with Gasteiger partial charge in [-0.1, -0.05) is 27.7 Å². The number of nitrogens with zero attached hydrogens (tertiary/aromatic N) is 1. The fourth-order valence-electron chi connectivity index (χ4n) is 2.67.